The number of carbonyl (C=O) groups is 2. The quantitative estimate of drug-likeness (QED) is 0.445. The highest BCUT2D eigenvalue weighted by Gasteiger charge is 2.81. The van der Waals surface area contributed by atoms with E-state index in [-0.39, 0.29) is 29.1 Å². The maximum absolute atomic E-state index is 13.6. The molecule has 33 heavy (non-hydrogen) atoms. The SMILES string of the molecule is Cc1ccc(C)c(C[C@@]2(C(N)=O)[C@H]3C=C[C@H](C34CC4)[C@@]2(CCCCN2CCCC2)C(N)=O)c1. The van der Waals surface area contributed by atoms with E-state index in [1.165, 1.54) is 25.9 Å². The standard InChI is InChI=1S/C28H39N3O2/c1-19-7-8-20(2)21(17-19)18-28(25(30)33)23-10-9-22(26(23)12-13-26)27(28,24(29)32)11-3-4-14-31-15-5-6-16-31/h7-10,17,22-23H,3-6,11-16,18H2,1-2H3,(H2,29,32)(H2,30,33)/t22-,23+,27+,28+/m1/s1. The maximum Gasteiger partial charge on any atom is 0.225 e. The van der Waals surface area contributed by atoms with Crippen molar-refractivity contribution in [3.05, 3.63) is 47.0 Å². The molecule has 1 heterocycles. The van der Waals surface area contributed by atoms with Crippen molar-refractivity contribution in [2.24, 2.45) is 39.5 Å². The predicted molar refractivity (Wildman–Crippen MR) is 130 cm³/mol. The average Bonchev–Trinajstić information content (AvgIpc) is 3.14. The van der Waals surface area contributed by atoms with Gasteiger partial charge in [-0.25, -0.2) is 0 Å². The van der Waals surface area contributed by atoms with Gasteiger partial charge in [-0.3, -0.25) is 9.59 Å². The van der Waals surface area contributed by atoms with Crippen LogP contribution in [-0.2, 0) is 16.0 Å². The summed E-state index contributed by atoms with van der Waals surface area (Å²) < 4.78 is 0. The number of nitrogens with zero attached hydrogens (tertiary/aromatic N) is 1. The molecule has 2 amide bonds. The summed E-state index contributed by atoms with van der Waals surface area (Å²) >= 11 is 0. The van der Waals surface area contributed by atoms with Gasteiger partial charge in [0.1, 0.15) is 0 Å². The molecule has 0 unspecified atom stereocenters. The monoisotopic (exact) mass is 449 g/mol. The summed E-state index contributed by atoms with van der Waals surface area (Å²) in [5.41, 5.74) is 14.2. The van der Waals surface area contributed by atoms with Crippen LogP contribution in [-0.4, -0.2) is 36.3 Å². The molecule has 4 atom stereocenters. The smallest absolute Gasteiger partial charge is 0.225 e. The second-order valence-electron chi connectivity index (χ2n) is 11.4. The molecule has 1 aromatic rings. The van der Waals surface area contributed by atoms with Crippen LogP contribution in [0.1, 0.15) is 61.6 Å². The minimum Gasteiger partial charge on any atom is -0.369 e. The van der Waals surface area contributed by atoms with Crippen LogP contribution in [0.4, 0.5) is 0 Å². The third kappa shape index (κ3) is 3.14. The molecule has 5 nitrogen and oxygen atoms in total. The van der Waals surface area contributed by atoms with Crippen molar-refractivity contribution in [1.82, 2.24) is 4.90 Å². The Hall–Kier alpha value is -2.14. The van der Waals surface area contributed by atoms with Crippen LogP contribution in [0.15, 0.2) is 30.4 Å². The average molecular weight is 450 g/mol. The van der Waals surface area contributed by atoms with E-state index in [4.69, 9.17) is 11.5 Å². The van der Waals surface area contributed by atoms with E-state index < -0.39 is 10.8 Å². The molecule has 2 bridgehead atoms. The van der Waals surface area contributed by atoms with Crippen LogP contribution in [0.25, 0.3) is 0 Å². The van der Waals surface area contributed by atoms with Crippen LogP contribution in [0.2, 0.25) is 0 Å². The second kappa shape index (κ2) is 7.97. The van der Waals surface area contributed by atoms with E-state index in [0.717, 1.165) is 48.9 Å². The minimum absolute atomic E-state index is 0.00139. The Bertz CT molecular complexity index is 991. The Morgan fingerprint density at radius 3 is 2.21 bits per heavy atom. The van der Waals surface area contributed by atoms with Gasteiger partial charge in [0.15, 0.2) is 0 Å². The summed E-state index contributed by atoms with van der Waals surface area (Å²) in [4.78, 5) is 29.6. The number of aryl methyl sites for hydroxylation is 2. The van der Waals surface area contributed by atoms with Crippen molar-refractivity contribution in [2.75, 3.05) is 19.6 Å². The molecule has 0 radical (unpaired) electrons. The van der Waals surface area contributed by atoms with Crippen LogP contribution >= 0.6 is 0 Å². The highest BCUT2D eigenvalue weighted by molar-refractivity contribution is 5.95. The minimum atomic E-state index is -0.957. The molecule has 1 spiro atoms. The maximum atomic E-state index is 13.6. The van der Waals surface area contributed by atoms with Crippen molar-refractivity contribution in [2.45, 2.75) is 65.2 Å². The van der Waals surface area contributed by atoms with Crippen molar-refractivity contribution >= 4 is 11.8 Å². The molecule has 2 saturated carbocycles. The molecular weight excluding hydrogens is 410 g/mol. The molecule has 3 fully saturated rings. The van der Waals surface area contributed by atoms with Crippen LogP contribution in [0, 0.1) is 41.9 Å². The molecule has 4 N–H and O–H groups in total. The summed E-state index contributed by atoms with van der Waals surface area (Å²) in [7, 11) is 0. The summed E-state index contributed by atoms with van der Waals surface area (Å²) in [5.74, 6) is -0.642. The number of amides is 2. The molecule has 1 aliphatic heterocycles. The third-order valence-electron chi connectivity index (χ3n) is 9.77. The van der Waals surface area contributed by atoms with Gasteiger partial charge in [0, 0.05) is 0 Å². The lowest BCUT2D eigenvalue weighted by atomic mass is 9.52. The number of hydrogen-bond acceptors (Lipinski definition) is 3. The van der Waals surface area contributed by atoms with Gasteiger partial charge in [-0.05, 0) is 107 Å². The van der Waals surface area contributed by atoms with Gasteiger partial charge in [-0.15, -0.1) is 0 Å². The number of rotatable bonds is 9. The fourth-order valence-electron chi connectivity index (χ4n) is 8.07. The Kier molecular flexibility index (Phi) is 5.47. The molecule has 5 rings (SSSR count). The van der Waals surface area contributed by atoms with E-state index >= 15 is 0 Å². The zero-order valence-electron chi connectivity index (χ0n) is 20.2. The van der Waals surface area contributed by atoms with Crippen molar-refractivity contribution in [1.29, 1.82) is 0 Å². The number of primary amides is 2. The number of unbranched alkanes of at least 4 members (excludes halogenated alkanes) is 1. The topological polar surface area (TPSA) is 89.4 Å². The van der Waals surface area contributed by atoms with Crippen molar-refractivity contribution in [3.63, 3.8) is 0 Å². The number of benzene rings is 1. The normalized spacial score (nSPS) is 33.8. The lowest BCUT2D eigenvalue weighted by Gasteiger charge is -2.48. The van der Waals surface area contributed by atoms with Gasteiger partial charge in [0.05, 0.1) is 10.8 Å². The molecule has 3 aliphatic carbocycles. The van der Waals surface area contributed by atoms with E-state index in [0.29, 0.717) is 12.8 Å². The van der Waals surface area contributed by atoms with Gasteiger partial charge in [-0.1, -0.05) is 42.3 Å². The fraction of sp³-hybridized carbons (Fsp3) is 0.643. The Morgan fingerprint density at radius 1 is 0.970 bits per heavy atom. The number of hydrogen-bond donors (Lipinski definition) is 2. The highest BCUT2D eigenvalue weighted by atomic mass is 16.2. The lowest BCUT2D eigenvalue weighted by molar-refractivity contribution is -0.151. The van der Waals surface area contributed by atoms with Gasteiger partial charge < -0.3 is 16.4 Å². The predicted octanol–water partition coefficient (Wildman–Crippen LogP) is 3.65. The van der Waals surface area contributed by atoms with Gasteiger partial charge >= 0.3 is 0 Å². The largest absolute Gasteiger partial charge is 0.369 e. The Morgan fingerprint density at radius 2 is 1.61 bits per heavy atom. The van der Waals surface area contributed by atoms with Crippen molar-refractivity contribution < 1.29 is 9.59 Å². The first-order valence-corrected chi connectivity index (χ1v) is 12.8. The fourth-order valence-corrected chi connectivity index (χ4v) is 8.07. The summed E-state index contributed by atoms with van der Waals surface area (Å²) in [6, 6.07) is 6.37. The number of allylic oxidation sites excluding steroid dienone is 2. The third-order valence-corrected chi connectivity index (χ3v) is 9.77. The summed E-state index contributed by atoms with van der Waals surface area (Å²) in [5, 5.41) is 0. The van der Waals surface area contributed by atoms with Crippen molar-refractivity contribution in [3.8, 4) is 0 Å². The first-order valence-electron chi connectivity index (χ1n) is 12.8. The molecule has 4 aliphatic rings. The van der Waals surface area contributed by atoms with E-state index in [1.54, 1.807) is 0 Å². The molecule has 178 valence electrons. The number of nitrogens with two attached hydrogens (primary N) is 2. The highest BCUT2D eigenvalue weighted by Crippen LogP contribution is 2.81. The van der Waals surface area contributed by atoms with E-state index in [1.807, 2.05) is 0 Å². The van der Waals surface area contributed by atoms with Gasteiger partial charge in [0.2, 0.25) is 11.8 Å². The van der Waals surface area contributed by atoms with Gasteiger partial charge in [0.25, 0.3) is 0 Å². The van der Waals surface area contributed by atoms with Crippen LogP contribution < -0.4 is 11.5 Å². The first kappa shape index (κ1) is 22.6. The zero-order valence-corrected chi connectivity index (χ0v) is 20.2. The van der Waals surface area contributed by atoms with E-state index in [9.17, 15) is 9.59 Å². The first-order chi connectivity index (χ1) is 15.8. The molecule has 0 aromatic heterocycles. The summed E-state index contributed by atoms with van der Waals surface area (Å²) in [6.45, 7) is 7.57. The Balaban J connectivity index is 1.54. The van der Waals surface area contributed by atoms with Crippen LogP contribution in [0.5, 0.6) is 0 Å². The molecule has 5 heteroatoms. The second-order valence-corrected chi connectivity index (χ2v) is 11.4. The summed E-state index contributed by atoms with van der Waals surface area (Å²) in [6.07, 6.45) is 12.2. The van der Waals surface area contributed by atoms with Gasteiger partial charge in [-0.2, -0.15) is 0 Å². The Labute approximate surface area is 198 Å². The molecule has 1 saturated heterocycles. The number of likely N-dealkylation sites (tertiary alicyclic amines) is 1. The van der Waals surface area contributed by atoms with E-state index in [2.05, 4.69) is 49.1 Å². The number of carbonyl (C=O) groups excluding carboxylic acids is 2. The molecular formula is C28H39N3O2. The zero-order chi connectivity index (χ0) is 23.4. The lowest BCUT2D eigenvalue weighted by Crippen LogP contribution is -2.60. The molecule has 1 aromatic carbocycles. The van der Waals surface area contributed by atoms with Crippen LogP contribution in [0.3, 0.4) is 0 Å².